The Labute approximate surface area is 100 Å². The molecule has 0 saturated carbocycles. The first-order valence-electron chi connectivity index (χ1n) is 5.06. The van der Waals surface area contributed by atoms with Crippen molar-refractivity contribution in [2.24, 2.45) is 0 Å². The zero-order valence-corrected chi connectivity index (χ0v) is 9.53. The Morgan fingerprint density at radius 1 is 1.24 bits per heavy atom. The van der Waals surface area contributed by atoms with Crippen molar-refractivity contribution in [1.29, 1.82) is 0 Å². The maximum Gasteiger partial charge on any atom is 0.261 e. The van der Waals surface area contributed by atoms with Gasteiger partial charge in [0.25, 0.3) is 11.8 Å². The number of aliphatic hydroxyl groups is 1. The van der Waals surface area contributed by atoms with Crippen molar-refractivity contribution in [3.05, 3.63) is 28.8 Å². The van der Waals surface area contributed by atoms with E-state index in [2.05, 4.69) is 4.98 Å². The molecule has 0 saturated heterocycles. The molecule has 2 heterocycles. The molecule has 86 valence electrons. The summed E-state index contributed by atoms with van der Waals surface area (Å²) in [6.45, 7) is -0.189. The molecule has 2 amide bonds. The minimum atomic E-state index is -0.353. The lowest BCUT2D eigenvalue weighted by atomic mass is 10.1. The Balaban J connectivity index is 2.18. The zero-order chi connectivity index (χ0) is 12.0. The second kappa shape index (κ2) is 3.61. The molecule has 3 rings (SSSR count). The molecular weight excluding hydrogens is 240 g/mol. The Kier molecular flexibility index (Phi) is 2.20. The fourth-order valence-electron chi connectivity index (χ4n) is 1.94. The molecule has 0 bridgehead atoms. The zero-order valence-electron chi connectivity index (χ0n) is 8.71. The van der Waals surface area contributed by atoms with Crippen LogP contribution in [0.25, 0.3) is 10.2 Å². The van der Waals surface area contributed by atoms with Crippen LogP contribution in [0.4, 0.5) is 0 Å². The van der Waals surface area contributed by atoms with Gasteiger partial charge < -0.3 is 5.11 Å². The van der Waals surface area contributed by atoms with E-state index >= 15 is 0 Å². The van der Waals surface area contributed by atoms with E-state index in [1.807, 2.05) is 0 Å². The summed E-state index contributed by atoms with van der Waals surface area (Å²) in [5, 5.41) is 8.83. The lowest BCUT2D eigenvalue weighted by molar-refractivity contribution is 0.0624. The molecule has 1 aliphatic heterocycles. The number of β-amino-alcohol motifs (C(OH)–C–C–N with tert-alkyl or cyclic N) is 1. The van der Waals surface area contributed by atoms with E-state index < -0.39 is 0 Å². The first-order chi connectivity index (χ1) is 8.22. The Bertz CT molecular complexity index is 585. The van der Waals surface area contributed by atoms with Crippen LogP contribution < -0.4 is 0 Å². The van der Waals surface area contributed by atoms with Crippen molar-refractivity contribution in [1.82, 2.24) is 9.88 Å². The lowest BCUT2D eigenvalue weighted by Crippen LogP contribution is -2.32. The molecule has 17 heavy (non-hydrogen) atoms. The molecule has 0 fully saturated rings. The number of thiazole rings is 1. The van der Waals surface area contributed by atoms with E-state index in [-0.39, 0.29) is 25.0 Å². The van der Waals surface area contributed by atoms with Gasteiger partial charge in [-0.05, 0) is 12.1 Å². The summed E-state index contributed by atoms with van der Waals surface area (Å²) < 4.78 is 0.885. The van der Waals surface area contributed by atoms with Crippen LogP contribution in [0.5, 0.6) is 0 Å². The highest BCUT2D eigenvalue weighted by atomic mass is 32.1. The van der Waals surface area contributed by atoms with Crippen LogP contribution in [0.1, 0.15) is 20.7 Å². The van der Waals surface area contributed by atoms with Gasteiger partial charge in [0.2, 0.25) is 0 Å². The molecule has 1 aliphatic rings. The van der Waals surface area contributed by atoms with Crippen molar-refractivity contribution in [2.75, 3.05) is 13.2 Å². The predicted molar refractivity (Wildman–Crippen MR) is 62.1 cm³/mol. The first kappa shape index (κ1) is 10.4. The van der Waals surface area contributed by atoms with Crippen LogP contribution in [0.2, 0.25) is 0 Å². The number of benzene rings is 1. The average Bonchev–Trinajstić information content (AvgIpc) is 2.87. The number of amides is 2. The molecule has 2 aromatic rings. The quantitative estimate of drug-likeness (QED) is 0.801. The summed E-state index contributed by atoms with van der Waals surface area (Å²) in [4.78, 5) is 29.1. The van der Waals surface area contributed by atoms with E-state index in [0.717, 1.165) is 15.1 Å². The molecule has 0 radical (unpaired) electrons. The number of nitrogens with zero attached hydrogens (tertiary/aromatic N) is 2. The van der Waals surface area contributed by atoms with Gasteiger partial charge in [-0.15, -0.1) is 11.3 Å². The lowest BCUT2D eigenvalue weighted by Gasteiger charge is -2.10. The summed E-state index contributed by atoms with van der Waals surface area (Å²) in [7, 11) is 0. The van der Waals surface area contributed by atoms with Gasteiger partial charge in [0, 0.05) is 0 Å². The number of imide groups is 1. The van der Waals surface area contributed by atoms with Crippen LogP contribution in [0.15, 0.2) is 17.6 Å². The fraction of sp³-hybridized carbons (Fsp3) is 0.182. The van der Waals surface area contributed by atoms with E-state index in [1.54, 1.807) is 17.6 Å². The summed E-state index contributed by atoms with van der Waals surface area (Å²) in [5.41, 5.74) is 3.18. The van der Waals surface area contributed by atoms with Gasteiger partial charge in [0.05, 0.1) is 40.0 Å². The van der Waals surface area contributed by atoms with Crippen molar-refractivity contribution >= 4 is 33.4 Å². The molecule has 0 unspecified atom stereocenters. The third kappa shape index (κ3) is 1.38. The molecule has 6 heteroatoms. The average molecular weight is 248 g/mol. The Morgan fingerprint density at radius 3 is 2.65 bits per heavy atom. The molecule has 5 nitrogen and oxygen atoms in total. The van der Waals surface area contributed by atoms with Crippen molar-refractivity contribution in [3.8, 4) is 0 Å². The normalized spacial score (nSPS) is 14.8. The highest BCUT2D eigenvalue weighted by Gasteiger charge is 2.35. The minimum Gasteiger partial charge on any atom is -0.395 e. The first-order valence-corrected chi connectivity index (χ1v) is 5.94. The van der Waals surface area contributed by atoms with Gasteiger partial charge in [-0.3, -0.25) is 14.5 Å². The van der Waals surface area contributed by atoms with E-state index in [9.17, 15) is 9.59 Å². The van der Waals surface area contributed by atoms with Crippen LogP contribution in [0, 0.1) is 0 Å². The summed E-state index contributed by atoms with van der Waals surface area (Å²) in [6.07, 6.45) is 0. The second-order valence-electron chi connectivity index (χ2n) is 3.70. The molecule has 1 N–H and O–H groups in total. The standard InChI is InChI=1S/C11H8N2O3S/c14-2-1-13-10(15)6-3-8-9(17-5-12-8)4-7(6)11(13)16/h3-5,14H,1-2H2. The maximum absolute atomic E-state index is 11.9. The smallest absolute Gasteiger partial charge is 0.261 e. The molecule has 0 atom stereocenters. The Morgan fingerprint density at radius 2 is 1.94 bits per heavy atom. The van der Waals surface area contributed by atoms with Crippen LogP contribution in [-0.2, 0) is 0 Å². The van der Waals surface area contributed by atoms with Gasteiger partial charge >= 0.3 is 0 Å². The highest BCUT2D eigenvalue weighted by Crippen LogP contribution is 2.28. The summed E-state index contributed by atoms with van der Waals surface area (Å²) in [6, 6.07) is 3.33. The van der Waals surface area contributed by atoms with Crippen LogP contribution in [-0.4, -0.2) is 40.0 Å². The number of rotatable bonds is 2. The molecular formula is C11H8N2O3S. The van der Waals surface area contributed by atoms with Gasteiger partial charge in [0.15, 0.2) is 0 Å². The topological polar surface area (TPSA) is 70.5 Å². The predicted octanol–water partition coefficient (Wildman–Crippen LogP) is 0.885. The monoisotopic (exact) mass is 248 g/mol. The minimum absolute atomic E-state index is 0.0351. The summed E-state index contributed by atoms with van der Waals surface area (Å²) in [5.74, 6) is -0.691. The van der Waals surface area contributed by atoms with Gasteiger partial charge in [-0.1, -0.05) is 0 Å². The van der Waals surface area contributed by atoms with Crippen molar-refractivity contribution in [3.63, 3.8) is 0 Å². The number of fused-ring (bicyclic) bond motifs is 2. The second-order valence-corrected chi connectivity index (χ2v) is 4.59. The number of hydrogen-bond acceptors (Lipinski definition) is 5. The largest absolute Gasteiger partial charge is 0.395 e. The van der Waals surface area contributed by atoms with E-state index in [0.29, 0.717) is 11.1 Å². The van der Waals surface area contributed by atoms with Gasteiger partial charge in [0.1, 0.15) is 0 Å². The van der Waals surface area contributed by atoms with Gasteiger partial charge in [-0.25, -0.2) is 4.98 Å². The number of carbonyl (C=O) groups is 2. The third-order valence-electron chi connectivity index (χ3n) is 2.75. The highest BCUT2D eigenvalue weighted by molar-refractivity contribution is 7.16. The SMILES string of the molecule is O=C1c2cc3ncsc3cc2C(=O)N1CCO. The molecule has 1 aromatic carbocycles. The molecule has 1 aromatic heterocycles. The van der Waals surface area contributed by atoms with Crippen LogP contribution in [0.3, 0.4) is 0 Å². The maximum atomic E-state index is 11.9. The Hall–Kier alpha value is -1.79. The third-order valence-corrected chi connectivity index (χ3v) is 3.54. The van der Waals surface area contributed by atoms with Gasteiger partial charge in [-0.2, -0.15) is 0 Å². The van der Waals surface area contributed by atoms with E-state index in [1.165, 1.54) is 11.3 Å². The molecule has 0 spiro atoms. The number of aromatic nitrogens is 1. The summed E-state index contributed by atoms with van der Waals surface area (Å²) >= 11 is 1.43. The number of hydrogen-bond donors (Lipinski definition) is 1. The van der Waals surface area contributed by atoms with Crippen molar-refractivity contribution in [2.45, 2.75) is 0 Å². The fourth-order valence-corrected chi connectivity index (χ4v) is 2.64. The van der Waals surface area contributed by atoms with E-state index in [4.69, 9.17) is 5.11 Å². The van der Waals surface area contributed by atoms with Crippen LogP contribution >= 0.6 is 11.3 Å². The number of carbonyl (C=O) groups excluding carboxylic acids is 2. The van der Waals surface area contributed by atoms with Crippen molar-refractivity contribution < 1.29 is 14.7 Å². The molecule has 0 aliphatic carbocycles. The number of aliphatic hydroxyl groups excluding tert-OH is 1.